The number of nitrogens with zero attached hydrogens (tertiary/aromatic N) is 4. The lowest BCUT2D eigenvalue weighted by Crippen LogP contribution is -2.08. The van der Waals surface area contributed by atoms with Crippen LogP contribution in [0.1, 0.15) is 10.4 Å². The van der Waals surface area contributed by atoms with Crippen LogP contribution in [-0.4, -0.2) is 39.5 Å². The van der Waals surface area contributed by atoms with E-state index in [2.05, 4.69) is 15.3 Å². The molecule has 0 spiro atoms. The Kier molecular flexibility index (Phi) is 3.69. The van der Waals surface area contributed by atoms with Gasteiger partial charge in [-0.3, -0.25) is 4.98 Å². The van der Waals surface area contributed by atoms with Crippen molar-refractivity contribution in [3.63, 3.8) is 0 Å². The minimum atomic E-state index is -0.997. The first-order valence-corrected chi connectivity index (χ1v) is 8.07. The number of hydrogen-bond acceptors (Lipinski definition) is 5. The molecule has 0 fully saturated rings. The van der Waals surface area contributed by atoms with Crippen LogP contribution in [0.3, 0.4) is 0 Å². The fourth-order valence-corrected chi connectivity index (χ4v) is 2.95. The molecule has 0 bridgehead atoms. The fraction of sp³-hybridized carbons (Fsp3) is 0.105. The van der Waals surface area contributed by atoms with Gasteiger partial charge in [0.05, 0.1) is 22.8 Å². The zero-order valence-corrected chi connectivity index (χ0v) is 14.3. The van der Waals surface area contributed by atoms with E-state index in [1.165, 1.54) is 0 Å². The Labute approximate surface area is 149 Å². The van der Waals surface area contributed by atoms with E-state index < -0.39 is 5.97 Å². The number of carboxylic acids is 1. The lowest BCUT2D eigenvalue weighted by atomic mass is 10.2. The summed E-state index contributed by atoms with van der Waals surface area (Å²) in [5.41, 5.74) is 4.09. The maximum Gasteiger partial charge on any atom is 0.338 e. The van der Waals surface area contributed by atoms with E-state index in [1.807, 2.05) is 43.3 Å². The summed E-state index contributed by atoms with van der Waals surface area (Å²) in [7, 11) is 3.95. The van der Waals surface area contributed by atoms with Crippen LogP contribution in [0.15, 0.2) is 55.0 Å². The number of carboxylic acid groups (broad SMARTS) is 1. The number of aromatic nitrogens is 3. The third-order valence-corrected chi connectivity index (χ3v) is 4.26. The first-order valence-electron chi connectivity index (χ1n) is 8.07. The first kappa shape index (κ1) is 15.9. The minimum absolute atomic E-state index is 0.190. The van der Waals surface area contributed by atoms with Gasteiger partial charge in [-0.2, -0.15) is 0 Å². The van der Waals surface area contributed by atoms with E-state index in [-0.39, 0.29) is 5.56 Å². The van der Waals surface area contributed by atoms with Gasteiger partial charge >= 0.3 is 5.97 Å². The molecule has 0 saturated heterocycles. The van der Waals surface area contributed by atoms with Gasteiger partial charge in [-0.05, 0) is 36.4 Å². The van der Waals surface area contributed by atoms with E-state index in [0.717, 1.165) is 22.4 Å². The van der Waals surface area contributed by atoms with Gasteiger partial charge in [0.15, 0.2) is 5.82 Å². The highest BCUT2D eigenvalue weighted by Gasteiger charge is 2.17. The van der Waals surface area contributed by atoms with Crippen molar-refractivity contribution in [2.24, 2.45) is 0 Å². The summed E-state index contributed by atoms with van der Waals surface area (Å²) in [5, 5.41) is 12.8. The van der Waals surface area contributed by atoms with E-state index in [4.69, 9.17) is 0 Å². The van der Waals surface area contributed by atoms with E-state index in [0.29, 0.717) is 11.3 Å². The van der Waals surface area contributed by atoms with Gasteiger partial charge in [0, 0.05) is 37.9 Å². The summed E-state index contributed by atoms with van der Waals surface area (Å²) in [6.45, 7) is 0. The van der Waals surface area contributed by atoms with Crippen molar-refractivity contribution in [1.82, 2.24) is 14.4 Å². The number of nitrogens with one attached hydrogen (secondary N) is 1. The summed E-state index contributed by atoms with van der Waals surface area (Å²) in [6.07, 6.45) is 5.07. The Hall–Kier alpha value is -3.61. The first-order chi connectivity index (χ1) is 12.5. The van der Waals surface area contributed by atoms with Crippen molar-refractivity contribution in [3.8, 4) is 0 Å². The molecule has 0 radical (unpaired) electrons. The Bertz CT molecular complexity index is 1120. The van der Waals surface area contributed by atoms with Gasteiger partial charge < -0.3 is 19.7 Å². The molecule has 7 heteroatoms. The topological polar surface area (TPSA) is 82.8 Å². The second kappa shape index (κ2) is 6.03. The minimum Gasteiger partial charge on any atom is -0.478 e. The zero-order valence-electron chi connectivity index (χ0n) is 14.3. The Morgan fingerprint density at radius 3 is 2.62 bits per heavy atom. The third kappa shape index (κ3) is 2.59. The van der Waals surface area contributed by atoms with Crippen LogP contribution in [0.25, 0.3) is 16.6 Å². The molecule has 2 N–H and O–H groups in total. The molecule has 0 aliphatic carbocycles. The Morgan fingerprint density at radius 2 is 1.92 bits per heavy atom. The molecule has 4 aromatic rings. The number of anilines is 3. The fourth-order valence-electron chi connectivity index (χ4n) is 2.95. The third-order valence-electron chi connectivity index (χ3n) is 4.26. The molecule has 1 aromatic carbocycles. The van der Waals surface area contributed by atoms with Crippen molar-refractivity contribution in [2.45, 2.75) is 0 Å². The number of pyridine rings is 1. The van der Waals surface area contributed by atoms with Crippen molar-refractivity contribution in [3.05, 3.63) is 60.6 Å². The smallest absolute Gasteiger partial charge is 0.338 e. The van der Waals surface area contributed by atoms with Crippen LogP contribution in [0, 0.1) is 0 Å². The molecule has 3 heterocycles. The molecule has 0 atom stereocenters. The van der Waals surface area contributed by atoms with Crippen molar-refractivity contribution >= 4 is 39.7 Å². The van der Waals surface area contributed by atoms with Crippen LogP contribution < -0.4 is 10.2 Å². The molecule has 26 heavy (non-hydrogen) atoms. The Morgan fingerprint density at radius 1 is 1.15 bits per heavy atom. The van der Waals surface area contributed by atoms with Crippen molar-refractivity contribution < 1.29 is 9.90 Å². The molecule has 0 saturated carbocycles. The maximum atomic E-state index is 11.6. The van der Waals surface area contributed by atoms with E-state index in [9.17, 15) is 9.90 Å². The molecule has 0 amide bonds. The van der Waals surface area contributed by atoms with E-state index >= 15 is 0 Å². The maximum absolute atomic E-state index is 11.6. The highest BCUT2D eigenvalue weighted by molar-refractivity contribution is 6.02. The standard InChI is InChI=1S/C19H17N5O2/c1-23(2)13-5-3-12(4-6-13)21-18-17-14(19(25)26)8-10-24(17)16-11-20-9-7-15(16)22-18/h3-11H,1-2H3,(H,21,22)(H,25,26). The Balaban J connectivity index is 1.89. The number of rotatable bonds is 4. The van der Waals surface area contributed by atoms with Crippen LogP contribution in [0.5, 0.6) is 0 Å². The van der Waals surface area contributed by atoms with Gasteiger partial charge in [0.25, 0.3) is 0 Å². The summed E-state index contributed by atoms with van der Waals surface area (Å²) >= 11 is 0. The predicted molar refractivity (Wildman–Crippen MR) is 102 cm³/mol. The molecule has 0 aliphatic heterocycles. The van der Waals surface area contributed by atoms with Crippen molar-refractivity contribution in [1.29, 1.82) is 0 Å². The summed E-state index contributed by atoms with van der Waals surface area (Å²) in [4.78, 5) is 22.4. The average molecular weight is 347 g/mol. The summed E-state index contributed by atoms with van der Waals surface area (Å²) in [5.74, 6) is -0.507. The van der Waals surface area contributed by atoms with Gasteiger partial charge in [-0.15, -0.1) is 0 Å². The van der Waals surface area contributed by atoms with Crippen LogP contribution >= 0.6 is 0 Å². The molecule has 3 aromatic heterocycles. The number of hydrogen-bond donors (Lipinski definition) is 2. The van der Waals surface area contributed by atoms with Crippen LogP contribution in [0.2, 0.25) is 0 Å². The lowest BCUT2D eigenvalue weighted by molar-refractivity contribution is 0.0699. The molecular formula is C19H17N5O2. The van der Waals surface area contributed by atoms with E-state index in [1.54, 1.807) is 35.1 Å². The number of benzene rings is 1. The lowest BCUT2D eigenvalue weighted by Gasteiger charge is -2.14. The molecular weight excluding hydrogens is 330 g/mol. The molecule has 7 nitrogen and oxygen atoms in total. The molecule has 0 unspecified atom stereocenters. The second-order valence-corrected chi connectivity index (χ2v) is 6.14. The largest absolute Gasteiger partial charge is 0.478 e. The van der Waals surface area contributed by atoms with Gasteiger partial charge in [0.2, 0.25) is 0 Å². The molecule has 4 rings (SSSR count). The van der Waals surface area contributed by atoms with Crippen molar-refractivity contribution in [2.75, 3.05) is 24.3 Å². The van der Waals surface area contributed by atoms with Gasteiger partial charge in [-0.25, -0.2) is 9.78 Å². The second-order valence-electron chi connectivity index (χ2n) is 6.14. The van der Waals surface area contributed by atoms with Crippen LogP contribution in [0.4, 0.5) is 17.2 Å². The SMILES string of the molecule is CN(C)c1ccc(Nc2nc3ccncc3n3ccc(C(=O)O)c23)cc1. The quantitative estimate of drug-likeness (QED) is 0.589. The number of fused-ring (bicyclic) bond motifs is 3. The number of aromatic carboxylic acids is 1. The van der Waals surface area contributed by atoms with Gasteiger partial charge in [0.1, 0.15) is 5.52 Å². The normalized spacial score (nSPS) is 11.0. The molecule has 0 aliphatic rings. The van der Waals surface area contributed by atoms with Crippen LogP contribution in [-0.2, 0) is 0 Å². The predicted octanol–water partition coefficient (Wildman–Crippen LogP) is 3.39. The summed E-state index contributed by atoms with van der Waals surface area (Å²) in [6, 6.07) is 11.2. The highest BCUT2D eigenvalue weighted by Crippen LogP contribution is 2.28. The number of carbonyl (C=O) groups is 1. The molecule has 130 valence electrons. The zero-order chi connectivity index (χ0) is 18.3. The average Bonchev–Trinajstić information content (AvgIpc) is 3.08. The monoisotopic (exact) mass is 347 g/mol. The highest BCUT2D eigenvalue weighted by atomic mass is 16.4. The summed E-state index contributed by atoms with van der Waals surface area (Å²) < 4.78 is 1.80. The van der Waals surface area contributed by atoms with Gasteiger partial charge in [-0.1, -0.05) is 0 Å².